The Labute approximate surface area is 158 Å². The van der Waals surface area contributed by atoms with E-state index in [1.807, 2.05) is 50.2 Å². The van der Waals surface area contributed by atoms with Crippen molar-refractivity contribution >= 4 is 16.8 Å². The van der Waals surface area contributed by atoms with Crippen molar-refractivity contribution in [1.29, 1.82) is 0 Å². The molecule has 1 N–H and O–H groups in total. The van der Waals surface area contributed by atoms with E-state index in [-0.39, 0.29) is 12.0 Å². The molecular formula is C22H23N3O2. The van der Waals surface area contributed by atoms with Crippen molar-refractivity contribution < 1.29 is 9.53 Å². The molecule has 0 radical (unpaired) electrons. The molecule has 0 saturated carbocycles. The van der Waals surface area contributed by atoms with Crippen molar-refractivity contribution in [1.82, 2.24) is 15.3 Å². The average Bonchev–Trinajstić information content (AvgIpc) is 3.12. The molecule has 1 aliphatic carbocycles. The van der Waals surface area contributed by atoms with Crippen molar-refractivity contribution in [3.05, 3.63) is 65.0 Å². The van der Waals surface area contributed by atoms with Crippen LogP contribution < -0.4 is 10.1 Å². The van der Waals surface area contributed by atoms with Gasteiger partial charge >= 0.3 is 0 Å². The zero-order valence-corrected chi connectivity index (χ0v) is 15.7. The smallest absolute Gasteiger partial charge is 0.252 e. The zero-order chi connectivity index (χ0) is 18.8. The van der Waals surface area contributed by atoms with Crippen LogP contribution in [0.25, 0.3) is 10.9 Å². The monoisotopic (exact) mass is 361 g/mol. The lowest BCUT2D eigenvalue weighted by molar-refractivity contribution is 0.0951. The minimum absolute atomic E-state index is 0.0470. The number of fused-ring (bicyclic) bond motifs is 2. The molecule has 4 rings (SSSR count). The first-order chi connectivity index (χ1) is 13.1. The van der Waals surface area contributed by atoms with E-state index < -0.39 is 0 Å². The topological polar surface area (TPSA) is 64.1 Å². The lowest BCUT2D eigenvalue weighted by Gasteiger charge is -2.13. The van der Waals surface area contributed by atoms with Gasteiger partial charge in [0.25, 0.3) is 5.91 Å². The van der Waals surface area contributed by atoms with Gasteiger partial charge in [-0.15, -0.1) is 0 Å². The highest BCUT2D eigenvalue weighted by molar-refractivity contribution is 6.07. The first-order valence-electron chi connectivity index (χ1n) is 9.42. The number of amides is 1. The van der Waals surface area contributed by atoms with Gasteiger partial charge in [-0.25, -0.2) is 4.98 Å². The highest BCUT2D eigenvalue weighted by atomic mass is 16.5. The summed E-state index contributed by atoms with van der Waals surface area (Å²) in [5.74, 6) is 0.548. The normalized spacial score (nSPS) is 13.0. The number of hydrogen-bond donors (Lipinski definition) is 1. The minimum Gasteiger partial charge on any atom is -0.475 e. The molecule has 1 amide bonds. The highest BCUT2D eigenvalue weighted by Gasteiger charge is 2.23. The fraction of sp³-hybridized carbons (Fsp3) is 0.318. The average molecular weight is 361 g/mol. The molecule has 0 aliphatic heterocycles. The Bertz CT molecular complexity index is 981. The lowest BCUT2D eigenvalue weighted by Crippen LogP contribution is -2.24. The Morgan fingerprint density at radius 2 is 2.04 bits per heavy atom. The van der Waals surface area contributed by atoms with Gasteiger partial charge in [0.15, 0.2) is 0 Å². The lowest BCUT2D eigenvalue weighted by atomic mass is 10.0. The molecule has 1 aromatic carbocycles. The second-order valence-electron chi connectivity index (χ2n) is 7.14. The summed E-state index contributed by atoms with van der Waals surface area (Å²) >= 11 is 0. The van der Waals surface area contributed by atoms with Gasteiger partial charge in [-0.3, -0.25) is 9.78 Å². The molecule has 0 spiro atoms. The third-order valence-corrected chi connectivity index (χ3v) is 4.75. The van der Waals surface area contributed by atoms with E-state index in [1.54, 1.807) is 6.20 Å². The van der Waals surface area contributed by atoms with E-state index in [9.17, 15) is 4.79 Å². The van der Waals surface area contributed by atoms with Crippen LogP contribution in [0.4, 0.5) is 0 Å². The van der Waals surface area contributed by atoms with Crippen LogP contribution in [-0.2, 0) is 19.4 Å². The van der Waals surface area contributed by atoms with E-state index in [0.717, 1.165) is 52.5 Å². The van der Waals surface area contributed by atoms with Crippen LogP contribution in [0.5, 0.6) is 5.88 Å². The highest BCUT2D eigenvalue weighted by Crippen LogP contribution is 2.29. The fourth-order valence-electron chi connectivity index (χ4n) is 3.57. The van der Waals surface area contributed by atoms with Gasteiger partial charge in [-0.1, -0.05) is 24.3 Å². The summed E-state index contributed by atoms with van der Waals surface area (Å²) in [6.07, 6.45) is 4.75. The van der Waals surface area contributed by atoms with E-state index in [4.69, 9.17) is 9.72 Å². The van der Waals surface area contributed by atoms with Gasteiger partial charge in [0.2, 0.25) is 5.88 Å². The molecule has 0 atom stereocenters. The molecule has 1 aliphatic rings. The summed E-state index contributed by atoms with van der Waals surface area (Å²) in [6.45, 7) is 4.36. The van der Waals surface area contributed by atoms with Gasteiger partial charge in [0.1, 0.15) is 0 Å². The maximum atomic E-state index is 13.0. The van der Waals surface area contributed by atoms with Crippen LogP contribution >= 0.6 is 0 Å². The molecule has 0 unspecified atom stereocenters. The third kappa shape index (κ3) is 3.63. The fourth-order valence-corrected chi connectivity index (χ4v) is 3.57. The van der Waals surface area contributed by atoms with Gasteiger partial charge in [0, 0.05) is 29.9 Å². The van der Waals surface area contributed by atoms with Gasteiger partial charge in [-0.2, -0.15) is 0 Å². The summed E-state index contributed by atoms with van der Waals surface area (Å²) in [5, 5.41) is 3.98. The third-order valence-electron chi connectivity index (χ3n) is 4.75. The number of nitrogens with one attached hydrogen (secondary N) is 1. The molecule has 5 heteroatoms. The van der Waals surface area contributed by atoms with E-state index in [2.05, 4.69) is 10.3 Å². The van der Waals surface area contributed by atoms with Crippen molar-refractivity contribution in [3.8, 4) is 5.88 Å². The van der Waals surface area contributed by atoms with Crippen LogP contribution in [-0.4, -0.2) is 22.0 Å². The molecule has 5 nitrogen and oxygen atoms in total. The van der Waals surface area contributed by atoms with Gasteiger partial charge < -0.3 is 10.1 Å². The Balaban J connectivity index is 1.55. The number of rotatable bonds is 5. The summed E-state index contributed by atoms with van der Waals surface area (Å²) in [5.41, 5.74) is 4.77. The molecule has 138 valence electrons. The molecular weight excluding hydrogens is 338 g/mol. The number of benzene rings is 1. The quantitative estimate of drug-likeness (QED) is 0.750. The van der Waals surface area contributed by atoms with Crippen LogP contribution in [0.1, 0.15) is 47.4 Å². The van der Waals surface area contributed by atoms with Crippen LogP contribution in [0.15, 0.2) is 42.6 Å². The minimum atomic E-state index is -0.0470. The molecule has 0 fully saturated rings. The van der Waals surface area contributed by atoms with Crippen LogP contribution in [0.2, 0.25) is 0 Å². The predicted molar refractivity (Wildman–Crippen MR) is 105 cm³/mol. The summed E-state index contributed by atoms with van der Waals surface area (Å²) in [6, 6.07) is 11.6. The molecule has 2 heterocycles. The molecule has 0 saturated heterocycles. The second-order valence-corrected chi connectivity index (χ2v) is 7.14. The number of para-hydroxylation sites is 1. The van der Waals surface area contributed by atoms with E-state index >= 15 is 0 Å². The zero-order valence-electron chi connectivity index (χ0n) is 15.7. The summed E-state index contributed by atoms with van der Waals surface area (Å²) in [7, 11) is 0. The first kappa shape index (κ1) is 17.5. The first-order valence-corrected chi connectivity index (χ1v) is 9.42. The Hall–Kier alpha value is -2.95. The molecule has 2 aromatic heterocycles. The maximum Gasteiger partial charge on any atom is 0.252 e. The van der Waals surface area contributed by atoms with Crippen LogP contribution in [0.3, 0.4) is 0 Å². The van der Waals surface area contributed by atoms with Crippen molar-refractivity contribution in [3.63, 3.8) is 0 Å². The Morgan fingerprint density at radius 1 is 1.19 bits per heavy atom. The number of ether oxygens (including phenoxy) is 1. The summed E-state index contributed by atoms with van der Waals surface area (Å²) < 4.78 is 5.56. The predicted octanol–water partition coefficient (Wildman–Crippen LogP) is 3.84. The maximum absolute atomic E-state index is 13.0. The van der Waals surface area contributed by atoms with Crippen molar-refractivity contribution in [2.75, 3.05) is 0 Å². The number of aryl methyl sites for hydroxylation is 1. The second kappa shape index (κ2) is 7.35. The van der Waals surface area contributed by atoms with Gasteiger partial charge in [0.05, 0.1) is 17.2 Å². The van der Waals surface area contributed by atoms with Gasteiger partial charge in [-0.05, 0) is 50.3 Å². The number of carbonyl (C=O) groups excluding carboxylic acids is 1. The van der Waals surface area contributed by atoms with Crippen LogP contribution in [0, 0.1) is 0 Å². The van der Waals surface area contributed by atoms with E-state index in [1.165, 1.54) is 0 Å². The Morgan fingerprint density at radius 3 is 2.81 bits per heavy atom. The molecule has 27 heavy (non-hydrogen) atoms. The number of carbonyl (C=O) groups is 1. The summed E-state index contributed by atoms with van der Waals surface area (Å²) in [4.78, 5) is 22.1. The standard InChI is InChI=1S/C22H23N3O2/c1-14(2)27-20-11-10-15(12-23-20)13-24-22(26)21-16-6-3-4-8-18(16)25-19-9-5-7-17(19)21/h3-4,6,8,10-12,14H,5,7,9,13H2,1-2H3,(H,24,26). The number of aromatic nitrogens is 2. The Kier molecular flexibility index (Phi) is 4.75. The van der Waals surface area contributed by atoms with Crippen molar-refractivity contribution in [2.24, 2.45) is 0 Å². The molecule has 3 aromatic rings. The molecule has 0 bridgehead atoms. The largest absolute Gasteiger partial charge is 0.475 e. The van der Waals surface area contributed by atoms with E-state index in [0.29, 0.717) is 12.4 Å². The SMILES string of the molecule is CC(C)Oc1ccc(CNC(=O)c2c3c(nc4ccccc24)CCC3)cn1. The number of nitrogens with zero attached hydrogens (tertiary/aromatic N) is 2. The van der Waals surface area contributed by atoms with Crippen molar-refractivity contribution in [2.45, 2.75) is 45.8 Å². The number of pyridine rings is 2. The number of hydrogen-bond acceptors (Lipinski definition) is 4.